The number of anilines is 1. The van der Waals surface area contributed by atoms with Crippen LogP contribution in [-0.2, 0) is 0 Å². The van der Waals surface area contributed by atoms with Gasteiger partial charge in [0, 0.05) is 43.0 Å². The van der Waals surface area contributed by atoms with Crippen LogP contribution in [0.15, 0.2) is 18.2 Å². The smallest absolute Gasteiger partial charge is 0.123 e. The molecule has 0 aliphatic carbocycles. The van der Waals surface area contributed by atoms with E-state index in [2.05, 4.69) is 30.6 Å². The SMILES string of the molecule is CC(O)c1cc(F)ccc1N1CCN(C(C)(C)C)CC1. The van der Waals surface area contributed by atoms with Crippen molar-refractivity contribution in [3.63, 3.8) is 0 Å². The van der Waals surface area contributed by atoms with Crippen LogP contribution < -0.4 is 4.90 Å². The van der Waals surface area contributed by atoms with E-state index in [-0.39, 0.29) is 11.4 Å². The second-order valence-electron chi connectivity index (χ2n) is 6.52. The van der Waals surface area contributed by atoms with Crippen molar-refractivity contribution in [1.29, 1.82) is 0 Å². The molecule has 1 unspecified atom stereocenters. The molecule has 1 aliphatic heterocycles. The summed E-state index contributed by atoms with van der Waals surface area (Å²) in [5.74, 6) is -0.294. The summed E-state index contributed by atoms with van der Waals surface area (Å²) in [6, 6.07) is 4.69. The molecular weight excluding hydrogens is 255 g/mol. The van der Waals surface area contributed by atoms with E-state index in [0.29, 0.717) is 5.56 Å². The zero-order valence-electron chi connectivity index (χ0n) is 12.9. The van der Waals surface area contributed by atoms with Crippen molar-refractivity contribution in [2.24, 2.45) is 0 Å². The Labute approximate surface area is 121 Å². The van der Waals surface area contributed by atoms with Crippen molar-refractivity contribution >= 4 is 5.69 Å². The average Bonchev–Trinajstić information content (AvgIpc) is 2.37. The predicted octanol–water partition coefficient (Wildman–Crippen LogP) is 2.80. The molecule has 0 saturated carbocycles. The van der Waals surface area contributed by atoms with Gasteiger partial charge in [-0.1, -0.05) is 0 Å². The monoisotopic (exact) mass is 280 g/mol. The van der Waals surface area contributed by atoms with E-state index in [1.165, 1.54) is 12.1 Å². The summed E-state index contributed by atoms with van der Waals surface area (Å²) < 4.78 is 13.4. The zero-order chi connectivity index (χ0) is 14.9. The van der Waals surface area contributed by atoms with Gasteiger partial charge in [-0.3, -0.25) is 4.90 Å². The van der Waals surface area contributed by atoms with Gasteiger partial charge in [0.2, 0.25) is 0 Å². The van der Waals surface area contributed by atoms with Crippen LogP contribution in [-0.4, -0.2) is 41.7 Å². The average molecular weight is 280 g/mol. The molecule has 2 rings (SSSR count). The Morgan fingerprint density at radius 3 is 2.25 bits per heavy atom. The molecule has 1 aliphatic rings. The lowest BCUT2D eigenvalue weighted by atomic mass is 10.0. The maximum atomic E-state index is 13.4. The number of rotatable bonds is 2. The van der Waals surface area contributed by atoms with Gasteiger partial charge in [-0.2, -0.15) is 0 Å². The van der Waals surface area contributed by atoms with Crippen LogP contribution in [0.4, 0.5) is 10.1 Å². The second-order valence-corrected chi connectivity index (χ2v) is 6.52. The van der Waals surface area contributed by atoms with Gasteiger partial charge in [0.25, 0.3) is 0 Å². The lowest BCUT2D eigenvalue weighted by Crippen LogP contribution is -2.53. The van der Waals surface area contributed by atoms with E-state index in [1.54, 1.807) is 13.0 Å². The molecule has 20 heavy (non-hydrogen) atoms. The lowest BCUT2D eigenvalue weighted by molar-refractivity contribution is 0.128. The molecule has 112 valence electrons. The topological polar surface area (TPSA) is 26.7 Å². The minimum atomic E-state index is -0.652. The summed E-state index contributed by atoms with van der Waals surface area (Å²) in [4.78, 5) is 4.69. The van der Waals surface area contributed by atoms with E-state index in [1.807, 2.05) is 0 Å². The number of piperazine rings is 1. The molecule has 3 nitrogen and oxygen atoms in total. The molecule has 4 heteroatoms. The molecule has 0 spiro atoms. The highest BCUT2D eigenvalue weighted by Gasteiger charge is 2.27. The van der Waals surface area contributed by atoms with Gasteiger partial charge in [0.1, 0.15) is 5.82 Å². The first-order valence-corrected chi connectivity index (χ1v) is 7.26. The van der Waals surface area contributed by atoms with Crippen molar-refractivity contribution in [1.82, 2.24) is 4.90 Å². The van der Waals surface area contributed by atoms with Crippen LogP contribution >= 0.6 is 0 Å². The first-order chi connectivity index (χ1) is 9.29. The van der Waals surface area contributed by atoms with Crippen LogP contribution in [0.5, 0.6) is 0 Å². The Hall–Kier alpha value is -1.13. The Morgan fingerprint density at radius 1 is 1.15 bits per heavy atom. The largest absolute Gasteiger partial charge is 0.389 e. The summed E-state index contributed by atoms with van der Waals surface area (Å²) in [5, 5.41) is 9.84. The van der Waals surface area contributed by atoms with E-state index in [9.17, 15) is 9.50 Å². The van der Waals surface area contributed by atoms with Gasteiger partial charge < -0.3 is 10.0 Å². The highest BCUT2D eigenvalue weighted by atomic mass is 19.1. The highest BCUT2D eigenvalue weighted by Crippen LogP contribution is 2.29. The van der Waals surface area contributed by atoms with Crippen molar-refractivity contribution in [2.45, 2.75) is 39.3 Å². The molecule has 0 aromatic heterocycles. The third-order valence-corrected chi connectivity index (χ3v) is 4.01. The van der Waals surface area contributed by atoms with Gasteiger partial charge in [-0.25, -0.2) is 4.39 Å². The lowest BCUT2D eigenvalue weighted by Gasteiger charge is -2.43. The van der Waals surface area contributed by atoms with Crippen molar-refractivity contribution in [3.8, 4) is 0 Å². The summed E-state index contributed by atoms with van der Waals surface area (Å²) in [6.45, 7) is 12.1. The standard InChI is InChI=1S/C16H25FN2O/c1-12(20)14-11-13(17)5-6-15(14)18-7-9-19(10-8-18)16(2,3)4/h5-6,11-12,20H,7-10H2,1-4H3. The normalized spacial score (nSPS) is 19.2. The predicted molar refractivity (Wildman–Crippen MR) is 80.6 cm³/mol. The van der Waals surface area contributed by atoms with Crippen LogP contribution in [0.2, 0.25) is 0 Å². The number of aliphatic hydroxyl groups is 1. The highest BCUT2D eigenvalue weighted by molar-refractivity contribution is 5.55. The Morgan fingerprint density at radius 2 is 1.75 bits per heavy atom. The molecule has 1 N–H and O–H groups in total. The molecule has 0 radical (unpaired) electrons. The summed E-state index contributed by atoms with van der Waals surface area (Å²) in [5.41, 5.74) is 1.81. The van der Waals surface area contributed by atoms with E-state index in [4.69, 9.17) is 0 Å². The number of hydrogen-bond acceptors (Lipinski definition) is 3. The first-order valence-electron chi connectivity index (χ1n) is 7.26. The summed E-state index contributed by atoms with van der Waals surface area (Å²) >= 11 is 0. The summed E-state index contributed by atoms with van der Waals surface area (Å²) in [6.07, 6.45) is -0.652. The molecule has 1 aromatic carbocycles. The molecule has 1 atom stereocenters. The minimum absolute atomic E-state index is 0.183. The molecule has 0 amide bonds. The fourth-order valence-corrected chi connectivity index (χ4v) is 2.77. The van der Waals surface area contributed by atoms with E-state index in [0.717, 1.165) is 31.9 Å². The van der Waals surface area contributed by atoms with Crippen molar-refractivity contribution in [2.75, 3.05) is 31.1 Å². The first kappa shape index (κ1) is 15.3. The number of hydrogen-bond donors (Lipinski definition) is 1. The maximum absolute atomic E-state index is 13.4. The Bertz CT molecular complexity index is 460. The second kappa shape index (κ2) is 5.70. The fraction of sp³-hybridized carbons (Fsp3) is 0.625. The van der Waals surface area contributed by atoms with Crippen molar-refractivity contribution < 1.29 is 9.50 Å². The van der Waals surface area contributed by atoms with Gasteiger partial charge in [0.05, 0.1) is 6.10 Å². The molecule has 1 heterocycles. The Kier molecular flexibility index (Phi) is 4.35. The molecule has 1 saturated heterocycles. The van der Waals surface area contributed by atoms with Crippen LogP contribution in [0.25, 0.3) is 0 Å². The van der Waals surface area contributed by atoms with Crippen LogP contribution in [0.3, 0.4) is 0 Å². The third-order valence-electron chi connectivity index (χ3n) is 4.01. The third kappa shape index (κ3) is 3.30. The van der Waals surface area contributed by atoms with Gasteiger partial charge in [-0.15, -0.1) is 0 Å². The fourth-order valence-electron chi connectivity index (χ4n) is 2.77. The number of aliphatic hydroxyl groups excluding tert-OH is 1. The maximum Gasteiger partial charge on any atom is 0.123 e. The van der Waals surface area contributed by atoms with Crippen LogP contribution in [0.1, 0.15) is 39.4 Å². The van der Waals surface area contributed by atoms with E-state index >= 15 is 0 Å². The molecular formula is C16H25FN2O. The minimum Gasteiger partial charge on any atom is -0.389 e. The number of nitrogens with zero attached hydrogens (tertiary/aromatic N) is 2. The number of benzene rings is 1. The Balaban J connectivity index is 2.15. The van der Waals surface area contributed by atoms with Gasteiger partial charge >= 0.3 is 0 Å². The zero-order valence-corrected chi connectivity index (χ0v) is 12.9. The molecule has 0 bridgehead atoms. The quantitative estimate of drug-likeness (QED) is 0.902. The van der Waals surface area contributed by atoms with E-state index < -0.39 is 6.10 Å². The van der Waals surface area contributed by atoms with Crippen LogP contribution in [0, 0.1) is 5.82 Å². The molecule has 1 fully saturated rings. The van der Waals surface area contributed by atoms with Gasteiger partial charge in [-0.05, 0) is 45.9 Å². The van der Waals surface area contributed by atoms with Gasteiger partial charge in [0.15, 0.2) is 0 Å². The number of halogens is 1. The summed E-state index contributed by atoms with van der Waals surface area (Å²) in [7, 11) is 0. The molecule has 1 aromatic rings. The van der Waals surface area contributed by atoms with Crippen molar-refractivity contribution in [3.05, 3.63) is 29.6 Å².